The molecule has 0 aromatic heterocycles. The summed E-state index contributed by atoms with van der Waals surface area (Å²) in [5.41, 5.74) is 2.22. The second kappa shape index (κ2) is 11.6. The zero-order valence-corrected chi connectivity index (χ0v) is 19.9. The lowest BCUT2D eigenvalue weighted by molar-refractivity contribution is -0.128. The molecule has 9 heteroatoms. The Balaban J connectivity index is 0.00000392. The lowest BCUT2D eigenvalue weighted by Crippen LogP contribution is -2.42. The van der Waals surface area contributed by atoms with Gasteiger partial charge in [0.05, 0.1) is 5.75 Å². The van der Waals surface area contributed by atoms with Gasteiger partial charge < -0.3 is 15.5 Å². The third-order valence-corrected chi connectivity index (χ3v) is 5.50. The van der Waals surface area contributed by atoms with Crippen LogP contribution in [0.5, 0.6) is 0 Å². The zero-order chi connectivity index (χ0) is 19.9. The summed E-state index contributed by atoms with van der Waals surface area (Å²) in [5.74, 6) is 1.01. The average Bonchev–Trinajstić information content (AvgIpc) is 3.01. The Kier molecular flexibility index (Phi) is 10.2. The van der Waals surface area contributed by atoms with Gasteiger partial charge in [0.15, 0.2) is 5.96 Å². The normalized spacial score (nSPS) is 15.9. The predicted molar refractivity (Wildman–Crippen MR) is 124 cm³/mol. The quantitative estimate of drug-likeness (QED) is 0.309. The molecule has 158 valence electrons. The molecule has 7 nitrogen and oxygen atoms in total. The maximum absolute atomic E-state index is 11.8. The van der Waals surface area contributed by atoms with E-state index in [1.807, 2.05) is 30.0 Å². The minimum absolute atomic E-state index is 0. The van der Waals surface area contributed by atoms with Gasteiger partial charge in [-0.1, -0.05) is 24.3 Å². The molecule has 0 bridgehead atoms. The third-order valence-electron chi connectivity index (χ3n) is 4.52. The molecular weight excluding hydrogens is 491 g/mol. The van der Waals surface area contributed by atoms with Crippen LogP contribution < -0.4 is 10.6 Å². The molecule has 1 fully saturated rings. The Morgan fingerprint density at radius 3 is 2.64 bits per heavy atom. The molecule has 1 saturated heterocycles. The number of sulfone groups is 1. The van der Waals surface area contributed by atoms with Gasteiger partial charge in [-0.25, -0.2) is 8.42 Å². The first-order valence-corrected chi connectivity index (χ1v) is 11.3. The predicted octanol–water partition coefficient (Wildman–Crippen LogP) is 1.92. The fraction of sp³-hybridized carbons (Fsp3) is 0.579. The van der Waals surface area contributed by atoms with Crippen LogP contribution in [0.25, 0.3) is 0 Å². The molecule has 1 aromatic rings. The fourth-order valence-corrected chi connectivity index (χ4v) is 3.79. The molecule has 1 aromatic carbocycles. The Morgan fingerprint density at radius 1 is 1.32 bits per heavy atom. The largest absolute Gasteiger partial charge is 0.354 e. The first-order valence-electron chi connectivity index (χ1n) is 9.27. The number of amides is 1. The van der Waals surface area contributed by atoms with Gasteiger partial charge in [-0.15, -0.1) is 24.0 Å². The summed E-state index contributed by atoms with van der Waals surface area (Å²) in [6, 6.07) is 8.16. The Labute approximate surface area is 185 Å². The number of carbonyl (C=O) groups excluding carboxylic acids is 1. The van der Waals surface area contributed by atoms with Crippen molar-refractivity contribution in [3.05, 3.63) is 35.4 Å². The molecule has 1 amide bonds. The van der Waals surface area contributed by atoms with E-state index in [2.05, 4.69) is 21.7 Å². The first kappa shape index (κ1) is 24.7. The van der Waals surface area contributed by atoms with Crippen molar-refractivity contribution in [2.75, 3.05) is 25.6 Å². The number of halogens is 1. The number of guanidine groups is 1. The van der Waals surface area contributed by atoms with E-state index in [1.54, 1.807) is 7.05 Å². The van der Waals surface area contributed by atoms with Crippen LogP contribution >= 0.6 is 24.0 Å². The second-order valence-electron chi connectivity index (χ2n) is 7.13. The van der Waals surface area contributed by atoms with Gasteiger partial charge in [0.25, 0.3) is 0 Å². The molecule has 0 spiro atoms. The van der Waals surface area contributed by atoms with Gasteiger partial charge in [0.2, 0.25) is 5.91 Å². The molecule has 1 heterocycles. The van der Waals surface area contributed by atoms with E-state index in [4.69, 9.17) is 0 Å². The number of likely N-dealkylation sites (tertiary alicyclic amines) is 1. The number of rotatable bonds is 8. The summed E-state index contributed by atoms with van der Waals surface area (Å²) >= 11 is 0. The van der Waals surface area contributed by atoms with Crippen LogP contribution in [-0.2, 0) is 27.7 Å². The van der Waals surface area contributed by atoms with Crippen molar-refractivity contribution >= 4 is 45.7 Å². The standard InChI is InChI=1S/C19H30N4O3S.HI/c1-15(9-11-27(3,25)26)22-19(20-2)21-13-16-6-4-7-17(12-16)14-23-10-5-8-18(23)24;/h4,6-7,12,15H,5,8-11,13-14H2,1-3H3,(H2,20,21,22);1H. The molecule has 1 aliphatic heterocycles. The third kappa shape index (κ3) is 8.76. The van der Waals surface area contributed by atoms with Crippen LogP contribution in [0, 0.1) is 0 Å². The molecular formula is C19H31IN4O3S. The van der Waals surface area contributed by atoms with Crippen LogP contribution in [0.1, 0.15) is 37.3 Å². The number of nitrogens with zero attached hydrogens (tertiary/aromatic N) is 2. The maximum Gasteiger partial charge on any atom is 0.222 e. The van der Waals surface area contributed by atoms with Gasteiger partial charge in [-0.2, -0.15) is 0 Å². The van der Waals surface area contributed by atoms with Gasteiger partial charge >= 0.3 is 0 Å². The van der Waals surface area contributed by atoms with E-state index < -0.39 is 9.84 Å². The van der Waals surface area contributed by atoms with Crippen LogP contribution in [-0.4, -0.2) is 56.8 Å². The van der Waals surface area contributed by atoms with Crippen LogP contribution in [0.4, 0.5) is 0 Å². The number of hydrogen-bond acceptors (Lipinski definition) is 4. The van der Waals surface area contributed by atoms with Crippen molar-refractivity contribution in [2.24, 2.45) is 4.99 Å². The van der Waals surface area contributed by atoms with Crippen molar-refractivity contribution < 1.29 is 13.2 Å². The van der Waals surface area contributed by atoms with Gasteiger partial charge in [0.1, 0.15) is 9.84 Å². The summed E-state index contributed by atoms with van der Waals surface area (Å²) in [7, 11) is -1.28. The highest BCUT2D eigenvalue weighted by Crippen LogP contribution is 2.15. The summed E-state index contributed by atoms with van der Waals surface area (Å²) in [6.07, 6.45) is 3.37. The topological polar surface area (TPSA) is 90.9 Å². The van der Waals surface area contributed by atoms with Crippen molar-refractivity contribution in [1.82, 2.24) is 15.5 Å². The molecule has 2 N–H and O–H groups in total. The van der Waals surface area contributed by atoms with Gasteiger partial charge in [0, 0.05) is 45.4 Å². The highest BCUT2D eigenvalue weighted by molar-refractivity contribution is 14.0. The molecule has 2 rings (SSSR count). The molecule has 1 atom stereocenters. The van der Waals surface area contributed by atoms with E-state index in [0.29, 0.717) is 31.9 Å². The summed E-state index contributed by atoms with van der Waals surface area (Å²) in [6.45, 7) is 4.03. The zero-order valence-electron chi connectivity index (χ0n) is 16.8. The van der Waals surface area contributed by atoms with E-state index in [-0.39, 0.29) is 41.7 Å². The van der Waals surface area contributed by atoms with E-state index in [9.17, 15) is 13.2 Å². The lowest BCUT2D eigenvalue weighted by Gasteiger charge is -2.18. The van der Waals surface area contributed by atoms with Gasteiger partial charge in [-0.05, 0) is 30.9 Å². The monoisotopic (exact) mass is 522 g/mol. The van der Waals surface area contributed by atoms with Crippen LogP contribution in [0.2, 0.25) is 0 Å². The number of carbonyl (C=O) groups is 1. The fourth-order valence-electron chi connectivity index (χ4n) is 3.01. The number of aliphatic imine (C=N–C) groups is 1. The highest BCUT2D eigenvalue weighted by Gasteiger charge is 2.19. The maximum atomic E-state index is 11.8. The Morgan fingerprint density at radius 2 is 2.04 bits per heavy atom. The number of benzene rings is 1. The molecule has 28 heavy (non-hydrogen) atoms. The molecule has 0 radical (unpaired) electrons. The first-order chi connectivity index (χ1) is 12.8. The van der Waals surface area contributed by atoms with Crippen molar-refractivity contribution in [2.45, 2.75) is 45.3 Å². The van der Waals surface area contributed by atoms with E-state index >= 15 is 0 Å². The van der Waals surface area contributed by atoms with Crippen molar-refractivity contribution in [1.29, 1.82) is 0 Å². The minimum Gasteiger partial charge on any atom is -0.354 e. The molecule has 0 saturated carbocycles. The van der Waals surface area contributed by atoms with Crippen molar-refractivity contribution in [3.8, 4) is 0 Å². The second-order valence-corrected chi connectivity index (χ2v) is 9.39. The highest BCUT2D eigenvalue weighted by atomic mass is 127. The minimum atomic E-state index is -2.96. The summed E-state index contributed by atoms with van der Waals surface area (Å²) < 4.78 is 22.6. The summed E-state index contributed by atoms with van der Waals surface area (Å²) in [4.78, 5) is 17.9. The van der Waals surface area contributed by atoms with E-state index in [0.717, 1.165) is 24.1 Å². The number of nitrogens with one attached hydrogen (secondary N) is 2. The number of hydrogen-bond donors (Lipinski definition) is 2. The Bertz CT molecular complexity index is 783. The average molecular weight is 522 g/mol. The smallest absolute Gasteiger partial charge is 0.222 e. The van der Waals surface area contributed by atoms with E-state index in [1.165, 1.54) is 6.26 Å². The SMILES string of the molecule is CN=C(NCc1cccc(CN2CCCC2=O)c1)NC(C)CCS(C)(=O)=O.I. The van der Waals surface area contributed by atoms with Gasteiger partial charge in [-0.3, -0.25) is 9.79 Å². The molecule has 0 aliphatic carbocycles. The molecule has 1 aliphatic rings. The Hall–Kier alpha value is -1.36. The summed E-state index contributed by atoms with van der Waals surface area (Å²) in [5, 5.41) is 6.46. The molecule has 1 unspecified atom stereocenters. The van der Waals surface area contributed by atoms with Crippen LogP contribution in [0.3, 0.4) is 0 Å². The van der Waals surface area contributed by atoms with Crippen LogP contribution in [0.15, 0.2) is 29.3 Å². The lowest BCUT2D eigenvalue weighted by atomic mass is 10.1. The van der Waals surface area contributed by atoms with Crippen molar-refractivity contribution in [3.63, 3.8) is 0 Å².